The Morgan fingerprint density at radius 3 is 2.86 bits per heavy atom. The van der Waals surface area contributed by atoms with E-state index in [0.29, 0.717) is 11.5 Å². The number of carbonyl (C=O) groups excluding carboxylic acids is 1. The van der Waals surface area contributed by atoms with Crippen LogP contribution in [0.4, 0.5) is 0 Å². The maximum absolute atomic E-state index is 11.4. The number of likely N-dealkylation sites (N-methyl/N-ethyl adjacent to an activating group) is 1. The molecule has 76 valence electrons. The number of carbonyl (C=O) groups is 1. The molecule has 0 aromatic carbocycles. The fourth-order valence-electron chi connectivity index (χ4n) is 1.22. The lowest BCUT2D eigenvalue weighted by molar-refractivity contribution is -0.127. The SMILES string of the molecule is CCC(=O)N(C)C1=CCC=C(Cl)C=C1. The van der Waals surface area contributed by atoms with Gasteiger partial charge in [-0.05, 0) is 18.6 Å². The van der Waals surface area contributed by atoms with Crippen LogP contribution in [-0.4, -0.2) is 17.9 Å². The molecule has 14 heavy (non-hydrogen) atoms. The predicted octanol–water partition coefficient (Wildman–Crippen LogP) is 2.82. The Balaban J connectivity index is 2.75. The van der Waals surface area contributed by atoms with Gasteiger partial charge in [-0.3, -0.25) is 4.79 Å². The van der Waals surface area contributed by atoms with Gasteiger partial charge in [0.1, 0.15) is 0 Å². The van der Waals surface area contributed by atoms with Gasteiger partial charge < -0.3 is 4.90 Å². The molecular weight excluding hydrogens is 198 g/mol. The Kier molecular flexibility index (Phi) is 3.96. The number of nitrogens with zero attached hydrogens (tertiary/aromatic N) is 1. The van der Waals surface area contributed by atoms with Crippen molar-refractivity contribution in [3.05, 3.63) is 35.0 Å². The molecule has 0 N–H and O–H groups in total. The first kappa shape index (κ1) is 11.1. The van der Waals surface area contributed by atoms with Crippen LogP contribution in [0.3, 0.4) is 0 Å². The molecule has 0 aliphatic heterocycles. The predicted molar refractivity (Wildman–Crippen MR) is 58.8 cm³/mol. The van der Waals surface area contributed by atoms with Crippen molar-refractivity contribution in [2.24, 2.45) is 0 Å². The molecule has 1 amide bonds. The number of amides is 1. The van der Waals surface area contributed by atoms with Crippen molar-refractivity contribution in [2.45, 2.75) is 19.8 Å². The van der Waals surface area contributed by atoms with Gasteiger partial charge in [-0.2, -0.15) is 0 Å². The molecule has 1 aliphatic rings. The van der Waals surface area contributed by atoms with Gasteiger partial charge in [-0.1, -0.05) is 30.7 Å². The number of rotatable bonds is 2. The van der Waals surface area contributed by atoms with Gasteiger partial charge in [0.25, 0.3) is 0 Å². The first-order valence-electron chi connectivity index (χ1n) is 4.65. The van der Waals surface area contributed by atoms with Crippen molar-refractivity contribution in [1.29, 1.82) is 0 Å². The van der Waals surface area contributed by atoms with Gasteiger partial charge in [0.15, 0.2) is 0 Å². The van der Waals surface area contributed by atoms with E-state index in [1.165, 1.54) is 0 Å². The Bertz CT molecular complexity index is 315. The van der Waals surface area contributed by atoms with Gasteiger partial charge in [0, 0.05) is 24.2 Å². The molecule has 1 aliphatic carbocycles. The molecule has 0 atom stereocenters. The first-order chi connectivity index (χ1) is 6.65. The number of allylic oxidation sites excluding steroid dienone is 5. The molecule has 0 fully saturated rings. The van der Waals surface area contributed by atoms with Crippen LogP contribution in [-0.2, 0) is 4.79 Å². The average molecular weight is 212 g/mol. The van der Waals surface area contributed by atoms with Crippen molar-refractivity contribution in [2.75, 3.05) is 7.05 Å². The van der Waals surface area contributed by atoms with E-state index in [9.17, 15) is 4.79 Å². The summed E-state index contributed by atoms with van der Waals surface area (Å²) in [6, 6.07) is 0. The summed E-state index contributed by atoms with van der Waals surface area (Å²) in [6.07, 6.45) is 8.85. The molecule has 0 spiro atoms. The molecule has 0 saturated carbocycles. The zero-order valence-corrected chi connectivity index (χ0v) is 9.21. The Hall–Kier alpha value is -1.02. The lowest BCUT2D eigenvalue weighted by Crippen LogP contribution is -2.24. The highest BCUT2D eigenvalue weighted by molar-refractivity contribution is 6.31. The second-order valence-electron chi connectivity index (χ2n) is 3.09. The summed E-state index contributed by atoms with van der Waals surface area (Å²) in [4.78, 5) is 13.1. The number of hydrogen-bond acceptors (Lipinski definition) is 1. The largest absolute Gasteiger partial charge is 0.316 e. The fraction of sp³-hybridized carbons (Fsp3) is 0.364. The number of halogens is 1. The van der Waals surface area contributed by atoms with Gasteiger partial charge in [0.2, 0.25) is 5.91 Å². The molecule has 0 aromatic heterocycles. The zero-order valence-electron chi connectivity index (χ0n) is 8.46. The second kappa shape index (κ2) is 5.01. The van der Waals surface area contributed by atoms with Crippen molar-refractivity contribution >= 4 is 17.5 Å². The third kappa shape index (κ3) is 2.74. The zero-order chi connectivity index (χ0) is 10.6. The average Bonchev–Trinajstić information content (AvgIpc) is 2.40. The molecule has 0 radical (unpaired) electrons. The van der Waals surface area contributed by atoms with Crippen LogP contribution in [0.5, 0.6) is 0 Å². The summed E-state index contributed by atoms with van der Waals surface area (Å²) >= 11 is 5.84. The maximum atomic E-state index is 11.4. The van der Waals surface area contributed by atoms with Crippen LogP contribution in [0.15, 0.2) is 35.0 Å². The van der Waals surface area contributed by atoms with Gasteiger partial charge in [0.05, 0.1) is 0 Å². The standard InChI is InChI=1S/C11H14ClNO/c1-3-11(14)13(2)10-6-4-5-9(12)7-8-10/h5-8H,3-4H2,1-2H3. The Morgan fingerprint density at radius 2 is 2.21 bits per heavy atom. The monoisotopic (exact) mass is 211 g/mol. The Labute approximate surface area is 89.5 Å². The minimum Gasteiger partial charge on any atom is -0.316 e. The maximum Gasteiger partial charge on any atom is 0.226 e. The molecule has 0 unspecified atom stereocenters. The van der Waals surface area contributed by atoms with E-state index in [2.05, 4.69) is 0 Å². The summed E-state index contributed by atoms with van der Waals surface area (Å²) in [5.74, 6) is 0.110. The van der Waals surface area contributed by atoms with Crippen LogP contribution >= 0.6 is 11.6 Å². The highest BCUT2D eigenvalue weighted by Crippen LogP contribution is 2.15. The third-order valence-electron chi connectivity index (χ3n) is 2.12. The number of hydrogen-bond donors (Lipinski definition) is 0. The van der Waals surface area contributed by atoms with E-state index in [4.69, 9.17) is 11.6 Å². The van der Waals surface area contributed by atoms with Gasteiger partial charge in [-0.25, -0.2) is 0 Å². The van der Waals surface area contributed by atoms with E-state index in [-0.39, 0.29) is 5.91 Å². The van der Waals surface area contributed by atoms with E-state index in [0.717, 1.165) is 12.1 Å². The fourth-order valence-corrected chi connectivity index (χ4v) is 1.38. The molecule has 0 bridgehead atoms. The minimum absolute atomic E-state index is 0.110. The van der Waals surface area contributed by atoms with E-state index in [1.54, 1.807) is 18.0 Å². The molecule has 3 heteroatoms. The van der Waals surface area contributed by atoms with Crippen molar-refractivity contribution < 1.29 is 4.79 Å². The normalized spacial score (nSPS) is 15.6. The van der Waals surface area contributed by atoms with E-state index >= 15 is 0 Å². The Morgan fingerprint density at radius 1 is 1.50 bits per heavy atom. The van der Waals surface area contributed by atoms with Crippen LogP contribution in [0.1, 0.15) is 19.8 Å². The highest BCUT2D eigenvalue weighted by atomic mass is 35.5. The second-order valence-corrected chi connectivity index (χ2v) is 3.53. The van der Waals surface area contributed by atoms with Gasteiger partial charge in [-0.15, -0.1) is 0 Å². The summed E-state index contributed by atoms with van der Waals surface area (Å²) < 4.78 is 0. The topological polar surface area (TPSA) is 20.3 Å². The molecular formula is C11H14ClNO. The lowest BCUT2D eigenvalue weighted by Gasteiger charge is -2.17. The molecule has 2 nitrogen and oxygen atoms in total. The highest BCUT2D eigenvalue weighted by Gasteiger charge is 2.09. The van der Waals surface area contributed by atoms with E-state index < -0.39 is 0 Å². The van der Waals surface area contributed by atoms with Crippen LogP contribution in [0, 0.1) is 0 Å². The van der Waals surface area contributed by atoms with Gasteiger partial charge >= 0.3 is 0 Å². The van der Waals surface area contributed by atoms with Crippen LogP contribution in [0.25, 0.3) is 0 Å². The van der Waals surface area contributed by atoms with Crippen molar-refractivity contribution in [1.82, 2.24) is 4.90 Å². The first-order valence-corrected chi connectivity index (χ1v) is 5.03. The van der Waals surface area contributed by atoms with E-state index in [1.807, 2.05) is 25.2 Å². The summed E-state index contributed by atoms with van der Waals surface area (Å²) in [6.45, 7) is 1.85. The molecule has 1 rings (SSSR count). The molecule has 0 saturated heterocycles. The summed E-state index contributed by atoms with van der Waals surface area (Å²) in [7, 11) is 1.78. The molecule has 0 heterocycles. The van der Waals surface area contributed by atoms with Crippen LogP contribution < -0.4 is 0 Å². The third-order valence-corrected chi connectivity index (χ3v) is 2.40. The van der Waals surface area contributed by atoms with Crippen molar-refractivity contribution in [3.63, 3.8) is 0 Å². The van der Waals surface area contributed by atoms with Crippen LogP contribution in [0.2, 0.25) is 0 Å². The van der Waals surface area contributed by atoms with Crippen molar-refractivity contribution in [3.8, 4) is 0 Å². The lowest BCUT2D eigenvalue weighted by atomic mass is 10.3. The minimum atomic E-state index is 0.110. The summed E-state index contributed by atoms with van der Waals surface area (Å²) in [5, 5.41) is 0.716. The molecule has 0 aromatic rings. The quantitative estimate of drug-likeness (QED) is 0.688. The summed E-state index contributed by atoms with van der Waals surface area (Å²) in [5.41, 5.74) is 0.906. The smallest absolute Gasteiger partial charge is 0.226 e.